The Hall–Kier alpha value is -3.32. The Morgan fingerprint density at radius 1 is 0.767 bits per heavy atom. The Labute approximate surface area is 176 Å². The molecule has 2 heterocycles. The van der Waals surface area contributed by atoms with Crippen molar-refractivity contribution in [2.24, 2.45) is 0 Å². The predicted molar refractivity (Wildman–Crippen MR) is 116 cm³/mol. The molecular formula is C23H27N7. The molecule has 4 rings (SSSR count). The molecular weight excluding hydrogens is 374 g/mol. The summed E-state index contributed by atoms with van der Waals surface area (Å²) < 4.78 is 3.77. The van der Waals surface area contributed by atoms with Gasteiger partial charge in [0.1, 0.15) is 0 Å². The highest BCUT2D eigenvalue weighted by molar-refractivity contribution is 5.16. The molecule has 0 aliphatic rings. The maximum Gasteiger partial charge on any atom is 0.0965 e. The van der Waals surface area contributed by atoms with Gasteiger partial charge < -0.3 is 5.32 Å². The molecule has 0 spiro atoms. The lowest BCUT2D eigenvalue weighted by Crippen LogP contribution is -2.30. The summed E-state index contributed by atoms with van der Waals surface area (Å²) in [5.41, 5.74) is 4.37. The Bertz CT molecular complexity index is 1020. The van der Waals surface area contributed by atoms with Gasteiger partial charge in [0, 0.05) is 25.2 Å². The molecule has 2 aromatic heterocycles. The molecule has 4 aromatic rings. The van der Waals surface area contributed by atoms with Gasteiger partial charge >= 0.3 is 0 Å². The zero-order chi connectivity index (χ0) is 20.6. The summed E-state index contributed by atoms with van der Waals surface area (Å²) in [5, 5.41) is 20.7. The minimum absolute atomic E-state index is 0.311. The SMILES string of the molecule is CCC(Cc1cn(Cc2ccccc2)nn1)NCc1cn(Cc2ccccc2)nn1. The molecule has 0 amide bonds. The number of hydrogen-bond acceptors (Lipinski definition) is 5. The van der Waals surface area contributed by atoms with Crippen LogP contribution in [0, 0.1) is 0 Å². The zero-order valence-electron chi connectivity index (χ0n) is 17.2. The summed E-state index contributed by atoms with van der Waals surface area (Å²) in [6.45, 7) is 4.34. The van der Waals surface area contributed by atoms with Gasteiger partial charge in [-0.25, -0.2) is 9.36 Å². The minimum atomic E-state index is 0.311. The average Bonchev–Trinajstić information content (AvgIpc) is 3.42. The molecule has 0 saturated heterocycles. The van der Waals surface area contributed by atoms with Crippen molar-refractivity contribution in [3.63, 3.8) is 0 Å². The van der Waals surface area contributed by atoms with Gasteiger partial charge in [-0.15, -0.1) is 10.2 Å². The van der Waals surface area contributed by atoms with E-state index < -0.39 is 0 Å². The quantitative estimate of drug-likeness (QED) is 0.442. The minimum Gasteiger partial charge on any atom is -0.308 e. The van der Waals surface area contributed by atoms with Crippen LogP contribution >= 0.6 is 0 Å². The molecule has 30 heavy (non-hydrogen) atoms. The van der Waals surface area contributed by atoms with Crippen LogP contribution in [-0.4, -0.2) is 36.0 Å². The molecule has 0 saturated carbocycles. The fourth-order valence-corrected chi connectivity index (χ4v) is 3.41. The smallest absolute Gasteiger partial charge is 0.0965 e. The maximum absolute atomic E-state index is 4.35. The van der Waals surface area contributed by atoms with E-state index in [2.05, 4.69) is 57.1 Å². The van der Waals surface area contributed by atoms with Crippen LogP contribution in [0.3, 0.4) is 0 Å². The van der Waals surface area contributed by atoms with Gasteiger partial charge in [0.2, 0.25) is 0 Å². The van der Waals surface area contributed by atoms with Crippen LogP contribution in [0.5, 0.6) is 0 Å². The van der Waals surface area contributed by atoms with Crippen molar-refractivity contribution < 1.29 is 0 Å². The largest absolute Gasteiger partial charge is 0.308 e. The summed E-state index contributed by atoms with van der Waals surface area (Å²) in [4.78, 5) is 0. The molecule has 0 aliphatic heterocycles. The van der Waals surface area contributed by atoms with Crippen LogP contribution < -0.4 is 5.32 Å². The van der Waals surface area contributed by atoms with Crippen molar-refractivity contribution in [1.29, 1.82) is 0 Å². The van der Waals surface area contributed by atoms with E-state index in [1.807, 2.05) is 58.2 Å². The van der Waals surface area contributed by atoms with E-state index in [1.165, 1.54) is 11.1 Å². The highest BCUT2D eigenvalue weighted by atomic mass is 15.4. The first kappa shape index (κ1) is 20.0. The summed E-state index contributed by atoms with van der Waals surface area (Å²) >= 11 is 0. The van der Waals surface area contributed by atoms with Gasteiger partial charge in [-0.1, -0.05) is 78.0 Å². The van der Waals surface area contributed by atoms with Crippen LogP contribution in [0.1, 0.15) is 35.9 Å². The van der Waals surface area contributed by atoms with E-state index in [1.54, 1.807) is 0 Å². The third kappa shape index (κ3) is 5.61. The van der Waals surface area contributed by atoms with Gasteiger partial charge in [-0.3, -0.25) is 0 Å². The second-order valence-electron chi connectivity index (χ2n) is 7.48. The molecule has 7 nitrogen and oxygen atoms in total. The zero-order valence-corrected chi connectivity index (χ0v) is 17.2. The number of rotatable bonds is 10. The first-order valence-corrected chi connectivity index (χ1v) is 10.4. The summed E-state index contributed by atoms with van der Waals surface area (Å²) in [5.74, 6) is 0. The number of hydrogen-bond donors (Lipinski definition) is 1. The van der Waals surface area contributed by atoms with Gasteiger partial charge in [-0.05, 0) is 17.5 Å². The van der Waals surface area contributed by atoms with Crippen molar-refractivity contribution in [2.45, 2.75) is 45.4 Å². The van der Waals surface area contributed by atoms with Crippen LogP contribution in [0.25, 0.3) is 0 Å². The van der Waals surface area contributed by atoms with Crippen molar-refractivity contribution >= 4 is 0 Å². The third-order valence-electron chi connectivity index (χ3n) is 5.07. The highest BCUT2D eigenvalue weighted by Gasteiger charge is 2.11. The second-order valence-corrected chi connectivity index (χ2v) is 7.48. The molecule has 2 aromatic carbocycles. The fraction of sp³-hybridized carbons (Fsp3) is 0.304. The van der Waals surface area contributed by atoms with Gasteiger partial charge in [0.15, 0.2) is 0 Å². The fourth-order valence-electron chi connectivity index (χ4n) is 3.41. The second kappa shape index (κ2) is 9.93. The number of nitrogens with one attached hydrogen (secondary N) is 1. The number of benzene rings is 2. The van der Waals surface area contributed by atoms with Crippen LogP contribution in [0.2, 0.25) is 0 Å². The lowest BCUT2D eigenvalue weighted by atomic mass is 10.1. The Balaban J connectivity index is 1.28. The normalized spacial score (nSPS) is 12.2. The van der Waals surface area contributed by atoms with Crippen molar-refractivity contribution in [3.8, 4) is 0 Å². The van der Waals surface area contributed by atoms with E-state index in [4.69, 9.17) is 0 Å². The number of aromatic nitrogens is 6. The highest BCUT2D eigenvalue weighted by Crippen LogP contribution is 2.07. The molecule has 0 aliphatic carbocycles. The first-order valence-electron chi connectivity index (χ1n) is 10.4. The standard InChI is InChI=1S/C23H27N7/c1-2-21(13-22-17-29(27-25-22)15-19-9-5-3-6-10-19)24-14-23-18-30(28-26-23)16-20-11-7-4-8-12-20/h3-12,17-18,21,24H,2,13-16H2,1H3. The van der Waals surface area contributed by atoms with E-state index in [0.29, 0.717) is 12.6 Å². The molecule has 1 atom stereocenters. The third-order valence-corrected chi connectivity index (χ3v) is 5.07. The summed E-state index contributed by atoms with van der Waals surface area (Å²) in [6, 6.07) is 20.9. The van der Waals surface area contributed by atoms with Gasteiger partial charge in [0.05, 0.1) is 30.7 Å². The average molecular weight is 402 g/mol. The predicted octanol–water partition coefficient (Wildman–Crippen LogP) is 3.08. The Morgan fingerprint density at radius 3 is 1.87 bits per heavy atom. The van der Waals surface area contributed by atoms with Crippen molar-refractivity contribution in [1.82, 2.24) is 35.3 Å². The van der Waals surface area contributed by atoms with E-state index in [-0.39, 0.29) is 0 Å². The van der Waals surface area contributed by atoms with Crippen molar-refractivity contribution in [2.75, 3.05) is 0 Å². The lowest BCUT2D eigenvalue weighted by Gasteiger charge is -2.14. The van der Waals surface area contributed by atoms with E-state index >= 15 is 0 Å². The van der Waals surface area contributed by atoms with Crippen LogP contribution in [0.4, 0.5) is 0 Å². The lowest BCUT2D eigenvalue weighted by molar-refractivity contribution is 0.485. The maximum atomic E-state index is 4.35. The Kier molecular flexibility index (Phi) is 6.61. The van der Waals surface area contributed by atoms with E-state index in [9.17, 15) is 0 Å². The monoisotopic (exact) mass is 401 g/mol. The van der Waals surface area contributed by atoms with Crippen LogP contribution in [0.15, 0.2) is 73.1 Å². The van der Waals surface area contributed by atoms with Gasteiger partial charge in [-0.2, -0.15) is 0 Å². The molecule has 1 N–H and O–H groups in total. The van der Waals surface area contributed by atoms with Gasteiger partial charge in [0.25, 0.3) is 0 Å². The van der Waals surface area contributed by atoms with Crippen LogP contribution in [-0.2, 0) is 26.1 Å². The molecule has 0 fully saturated rings. The summed E-state index contributed by atoms with van der Waals surface area (Å²) in [6.07, 6.45) is 5.88. The molecule has 7 heteroatoms. The molecule has 0 radical (unpaired) electrons. The summed E-state index contributed by atoms with van der Waals surface area (Å²) in [7, 11) is 0. The number of nitrogens with zero attached hydrogens (tertiary/aromatic N) is 6. The topological polar surface area (TPSA) is 73.5 Å². The molecule has 0 bridgehead atoms. The first-order chi connectivity index (χ1) is 14.8. The molecule has 1 unspecified atom stereocenters. The van der Waals surface area contributed by atoms with Crippen molar-refractivity contribution in [3.05, 3.63) is 95.6 Å². The van der Waals surface area contributed by atoms with E-state index in [0.717, 1.165) is 37.3 Å². The molecule has 154 valence electrons. The Morgan fingerprint density at radius 2 is 1.30 bits per heavy atom.